The topological polar surface area (TPSA) is 12.0 Å². The van der Waals surface area contributed by atoms with Crippen LogP contribution >= 0.6 is 0 Å². The minimum atomic E-state index is 0.586. The van der Waals surface area contributed by atoms with Crippen LogP contribution in [0.1, 0.15) is 46.0 Å². The van der Waals surface area contributed by atoms with Crippen LogP contribution in [0.4, 0.5) is 0 Å². The summed E-state index contributed by atoms with van der Waals surface area (Å²) >= 11 is 0. The fourth-order valence-corrected chi connectivity index (χ4v) is 2.55. The molecule has 1 aliphatic carbocycles. The summed E-state index contributed by atoms with van der Waals surface area (Å²) in [5.41, 5.74) is 0.586. The van der Waals surface area contributed by atoms with E-state index in [1.807, 2.05) is 6.08 Å². The van der Waals surface area contributed by atoms with Gasteiger partial charge in [0.05, 0.1) is 0 Å². The molecule has 0 aromatic rings. The van der Waals surface area contributed by atoms with Crippen LogP contribution in [0.2, 0.25) is 0 Å². The normalized spacial score (nSPS) is 24.5. The molecule has 0 radical (unpaired) electrons. The van der Waals surface area contributed by atoms with Crippen molar-refractivity contribution in [2.75, 3.05) is 7.05 Å². The molecule has 0 aromatic carbocycles. The molecule has 1 aliphatic rings. The lowest BCUT2D eigenvalue weighted by molar-refractivity contribution is 0.164. The number of nitrogens with one attached hydrogen (secondary N) is 1. The number of rotatable bonds is 4. The summed E-state index contributed by atoms with van der Waals surface area (Å²) in [5, 5.41) is 3.43. The highest BCUT2D eigenvalue weighted by Crippen LogP contribution is 2.39. The second-order valence-electron chi connectivity index (χ2n) is 5.42. The van der Waals surface area contributed by atoms with Crippen LogP contribution in [0.15, 0.2) is 12.7 Å². The molecule has 1 rings (SSSR count). The zero-order valence-corrected chi connectivity index (χ0v) is 9.97. The zero-order valence-electron chi connectivity index (χ0n) is 9.97. The Labute approximate surface area is 89.0 Å². The van der Waals surface area contributed by atoms with Gasteiger partial charge in [0.2, 0.25) is 0 Å². The Morgan fingerprint density at radius 3 is 2.43 bits per heavy atom. The Kier molecular flexibility index (Phi) is 4.18. The van der Waals surface area contributed by atoms with E-state index in [2.05, 4.69) is 32.8 Å². The molecule has 1 unspecified atom stereocenters. The van der Waals surface area contributed by atoms with Gasteiger partial charge < -0.3 is 5.32 Å². The molecule has 1 nitrogen and oxygen atoms in total. The Bertz CT molecular complexity index is 174. The molecule has 0 amide bonds. The first kappa shape index (κ1) is 11.8. The second kappa shape index (κ2) is 4.97. The van der Waals surface area contributed by atoms with Crippen molar-refractivity contribution < 1.29 is 0 Å². The van der Waals surface area contributed by atoms with Gasteiger partial charge in [-0.25, -0.2) is 0 Å². The van der Waals surface area contributed by atoms with Gasteiger partial charge in [0, 0.05) is 6.04 Å². The van der Waals surface area contributed by atoms with E-state index in [9.17, 15) is 0 Å². The van der Waals surface area contributed by atoms with Gasteiger partial charge >= 0.3 is 0 Å². The Hall–Kier alpha value is -0.300. The van der Waals surface area contributed by atoms with E-state index < -0.39 is 0 Å². The monoisotopic (exact) mass is 195 g/mol. The maximum Gasteiger partial charge on any atom is 0.0127 e. The SMILES string of the molecule is C=CCC(NC)C1CCC(C)(C)CC1. The van der Waals surface area contributed by atoms with Crippen LogP contribution in [0, 0.1) is 11.3 Å². The van der Waals surface area contributed by atoms with Crippen LogP contribution in [-0.4, -0.2) is 13.1 Å². The van der Waals surface area contributed by atoms with E-state index >= 15 is 0 Å². The fourth-order valence-electron chi connectivity index (χ4n) is 2.55. The van der Waals surface area contributed by atoms with Crippen LogP contribution in [-0.2, 0) is 0 Å². The van der Waals surface area contributed by atoms with Crippen molar-refractivity contribution in [3.63, 3.8) is 0 Å². The lowest BCUT2D eigenvalue weighted by atomic mass is 9.71. The molecule has 1 atom stereocenters. The predicted octanol–water partition coefficient (Wildman–Crippen LogP) is 3.37. The van der Waals surface area contributed by atoms with Crippen molar-refractivity contribution in [2.24, 2.45) is 11.3 Å². The molecule has 82 valence electrons. The number of hydrogen-bond acceptors (Lipinski definition) is 1. The average Bonchev–Trinajstić information content (AvgIpc) is 2.15. The maximum absolute atomic E-state index is 3.83. The molecule has 1 heteroatoms. The molecule has 1 saturated carbocycles. The molecular formula is C13H25N. The van der Waals surface area contributed by atoms with Crippen molar-refractivity contribution >= 4 is 0 Å². The summed E-state index contributed by atoms with van der Waals surface area (Å²) in [6, 6.07) is 0.656. The second-order valence-corrected chi connectivity index (χ2v) is 5.42. The summed E-state index contributed by atoms with van der Waals surface area (Å²) < 4.78 is 0. The molecular weight excluding hydrogens is 170 g/mol. The standard InChI is InChI=1S/C13H25N/c1-5-6-12(14-4)11-7-9-13(2,3)10-8-11/h5,11-12,14H,1,6-10H2,2-4H3. The molecule has 0 aliphatic heterocycles. The number of hydrogen-bond donors (Lipinski definition) is 1. The summed E-state index contributed by atoms with van der Waals surface area (Å²) in [6.45, 7) is 8.62. The van der Waals surface area contributed by atoms with E-state index in [-0.39, 0.29) is 0 Å². The molecule has 1 fully saturated rings. The first-order chi connectivity index (χ1) is 6.59. The largest absolute Gasteiger partial charge is 0.316 e. The van der Waals surface area contributed by atoms with Crippen molar-refractivity contribution in [3.05, 3.63) is 12.7 Å². The smallest absolute Gasteiger partial charge is 0.0127 e. The average molecular weight is 195 g/mol. The van der Waals surface area contributed by atoms with Gasteiger partial charge in [-0.3, -0.25) is 0 Å². The Balaban J connectivity index is 2.42. The first-order valence-corrected chi connectivity index (χ1v) is 5.87. The molecule has 0 saturated heterocycles. The van der Waals surface area contributed by atoms with Gasteiger partial charge in [-0.1, -0.05) is 19.9 Å². The molecule has 0 heterocycles. The van der Waals surface area contributed by atoms with Crippen LogP contribution in [0.25, 0.3) is 0 Å². The van der Waals surface area contributed by atoms with Crippen LogP contribution in [0.3, 0.4) is 0 Å². The lowest BCUT2D eigenvalue weighted by Gasteiger charge is -2.37. The third-order valence-corrected chi connectivity index (χ3v) is 3.74. The zero-order chi connectivity index (χ0) is 10.6. The van der Waals surface area contributed by atoms with Crippen LogP contribution in [0.5, 0.6) is 0 Å². The third-order valence-electron chi connectivity index (χ3n) is 3.74. The summed E-state index contributed by atoms with van der Waals surface area (Å²) in [5.74, 6) is 0.867. The Morgan fingerprint density at radius 2 is 2.00 bits per heavy atom. The minimum Gasteiger partial charge on any atom is -0.316 e. The van der Waals surface area contributed by atoms with Gasteiger partial charge in [0.1, 0.15) is 0 Å². The first-order valence-electron chi connectivity index (χ1n) is 5.87. The Morgan fingerprint density at radius 1 is 1.43 bits per heavy atom. The van der Waals surface area contributed by atoms with Gasteiger partial charge in [-0.15, -0.1) is 6.58 Å². The summed E-state index contributed by atoms with van der Waals surface area (Å²) in [4.78, 5) is 0. The van der Waals surface area contributed by atoms with Crippen molar-refractivity contribution in [2.45, 2.75) is 52.0 Å². The summed E-state index contributed by atoms with van der Waals surface area (Å²) in [6.07, 6.45) is 8.68. The van der Waals surface area contributed by atoms with E-state index in [0.717, 1.165) is 12.3 Å². The van der Waals surface area contributed by atoms with Crippen LogP contribution < -0.4 is 5.32 Å². The van der Waals surface area contributed by atoms with Gasteiger partial charge in [-0.05, 0) is 50.5 Å². The van der Waals surface area contributed by atoms with Crippen molar-refractivity contribution in [1.29, 1.82) is 0 Å². The van der Waals surface area contributed by atoms with E-state index in [4.69, 9.17) is 0 Å². The molecule has 14 heavy (non-hydrogen) atoms. The van der Waals surface area contributed by atoms with Gasteiger partial charge in [0.25, 0.3) is 0 Å². The van der Waals surface area contributed by atoms with Crippen molar-refractivity contribution in [3.8, 4) is 0 Å². The van der Waals surface area contributed by atoms with Crippen molar-refractivity contribution in [1.82, 2.24) is 5.32 Å². The summed E-state index contributed by atoms with van der Waals surface area (Å²) in [7, 11) is 2.08. The predicted molar refractivity (Wildman–Crippen MR) is 63.4 cm³/mol. The molecule has 1 N–H and O–H groups in total. The van der Waals surface area contributed by atoms with E-state index in [1.165, 1.54) is 25.7 Å². The highest BCUT2D eigenvalue weighted by molar-refractivity contribution is 4.88. The minimum absolute atomic E-state index is 0.586. The quantitative estimate of drug-likeness (QED) is 0.678. The van der Waals surface area contributed by atoms with E-state index in [1.54, 1.807) is 0 Å². The van der Waals surface area contributed by atoms with Gasteiger partial charge in [0.15, 0.2) is 0 Å². The lowest BCUT2D eigenvalue weighted by Crippen LogP contribution is -2.36. The van der Waals surface area contributed by atoms with E-state index in [0.29, 0.717) is 11.5 Å². The molecule has 0 bridgehead atoms. The highest BCUT2D eigenvalue weighted by atomic mass is 14.9. The molecule has 0 aromatic heterocycles. The molecule has 0 spiro atoms. The third kappa shape index (κ3) is 3.13. The van der Waals surface area contributed by atoms with Gasteiger partial charge in [-0.2, -0.15) is 0 Å². The maximum atomic E-state index is 3.83. The highest BCUT2D eigenvalue weighted by Gasteiger charge is 2.29. The fraction of sp³-hybridized carbons (Fsp3) is 0.846.